The average molecular weight is 499 g/mol. The number of benzene rings is 3. The van der Waals surface area contributed by atoms with Gasteiger partial charge in [0.15, 0.2) is 5.78 Å². The van der Waals surface area contributed by atoms with Crippen LogP contribution in [0, 0.1) is 24.7 Å². The Morgan fingerprint density at radius 3 is 2.14 bits per heavy atom. The number of ketones is 1. The van der Waals surface area contributed by atoms with E-state index in [1.54, 1.807) is 48.5 Å². The Morgan fingerprint density at radius 1 is 0.889 bits per heavy atom. The van der Waals surface area contributed by atoms with Gasteiger partial charge in [-0.3, -0.25) is 9.59 Å². The van der Waals surface area contributed by atoms with Gasteiger partial charge >= 0.3 is 0 Å². The van der Waals surface area contributed by atoms with Crippen LogP contribution in [0.4, 0.5) is 0 Å². The van der Waals surface area contributed by atoms with Crippen molar-refractivity contribution in [3.63, 3.8) is 0 Å². The summed E-state index contributed by atoms with van der Waals surface area (Å²) < 4.78 is 30.6. The normalized spacial score (nSPS) is 24.4. The van der Waals surface area contributed by atoms with Crippen molar-refractivity contribution in [1.82, 2.24) is 5.32 Å². The molecule has 0 aliphatic heterocycles. The minimum Gasteiger partial charge on any atom is -0.319 e. The third-order valence-corrected chi connectivity index (χ3v) is 8.38. The van der Waals surface area contributed by atoms with Crippen LogP contribution in [-0.4, -0.2) is 25.8 Å². The molecule has 1 N–H and O–H groups in total. The molecule has 0 unspecified atom stereocenters. The van der Waals surface area contributed by atoms with E-state index in [0.29, 0.717) is 11.3 Å². The number of hydrogen-bond donors (Lipinski definition) is 1. The number of sulfonamides is 1. The van der Waals surface area contributed by atoms with Crippen LogP contribution in [0.3, 0.4) is 0 Å². The van der Waals surface area contributed by atoms with Crippen LogP contribution in [0.5, 0.6) is 0 Å². The smallest absolute Gasteiger partial charge is 0.282 e. The summed E-state index contributed by atoms with van der Waals surface area (Å²) >= 11 is 0. The van der Waals surface area contributed by atoms with Crippen LogP contribution in [0.1, 0.15) is 34.3 Å². The highest BCUT2D eigenvalue weighted by atomic mass is 32.2. The summed E-state index contributed by atoms with van der Waals surface area (Å²) in [5.74, 6) is -2.28. The molecule has 36 heavy (non-hydrogen) atoms. The van der Waals surface area contributed by atoms with Crippen molar-refractivity contribution >= 4 is 27.4 Å². The molecule has 3 aromatic rings. The lowest BCUT2D eigenvalue weighted by molar-refractivity contribution is -0.118. The molecule has 1 saturated carbocycles. The highest BCUT2D eigenvalue weighted by Crippen LogP contribution is 2.50. The second kappa shape index (κ2) is 9.32. The van der Waals surface area contributed by atoms with Gasteiger partial charge in [-0.15, -0.1) is 0 Å². The van der Waals surface area contributed by atoms with Gasteiger partial charge in [0.1, 0.15) is 0 Å². The predicted molar refractivity (Wildman–Crippen MR) is 138 cm³/mol. The summed E-state index contributed by atoms with van der Waals surface area (Å²) in [6.45, 7) is 4.00. The second-order valence-corrected chi connectivity index (χ2v) is 11.0. The minimum absolute atomic E-state index is 0.0797. The van der Waals surface area contributed by atoms with Gasteiger partial charge < -0.3 is 5.32 Å². The number of aryl methyl sites for hydroxylation is 1. The molecule has 5 rings (SSSR count). The lowest BCUT2D eigenvalue weighted by Crippen LogP contribution is -2.38. The van der Waals surface area contributed by atoms with Crippen LogP contribution in [0.25, 0.3) is 0 Å². The quantitative estimate of drug-likeness (QED) is 0.553. The minimum atomic E-state index is -4.01. The fourth-order valence-electron chi connectivity index (χ4n) is 5.22. The Labute approximate surface area is 210 Å². The summed E-state index contributed by atoms with van der Waals surface area (Å²) in [5.41, 5.74) is 3.00. The highest BCUT2D eigenvalue weighted by molar-refractivity contribution is 7.90. The molecule has 0 aromatic heterocycles. The van der Waals surface area contributed by atoms with Crippen molar-refractivity contribution in [3.05, 3.63) is 113 Å². The van der Waals surface area contributed by atoms with Gasteiger partial charge in [0.05, 0.1) is 22.2 Å². The Kier molecular flexibility index (Phi) is 6.18. The highest BCUT2D eigenvalue weighted by Gasteiger charge is 2.53. The first kappa shape index (κ1) is 23.9. The Morgan fingerprint density at radius 2 is 1.50 bits per heavy atom. The molecule has 182 valence electrons. The average Bonchev–Trinajstić information content (AvgIpc) is 3.08. The number of nitrogens with zero attached hydrogens (tertiary/aromatic N) is 1. The van der Waals surface area contributed by atoms with E-state index in [2.05, 4.69) is 9.71 Å². The zero-order valence-electron chi connectivity index (χ0n) is 20.0. The van der Waals surface area contributed by atoms with Crippen LogP contribution >= 0.6 is 0 Å². The summed E-state index contributed by atoms with van der Waals surface area (Å²) in [5, 5.41) is 2.77. The van der Waals surface area contributed by atoms with Gasteiger partial charge in [0.2, 0.25) is 0 Å². The molecular formula is C29H26N2O4S. The Hall–Kier alpha value is -3.84. The van der Waals surface area contributed by atoms with E-state index in [0.717, 1.165) is 11.1 Å². The van der Waals surface area contributed by atoms with Gasteiger partial charge in [-0.25, -0.2) is 0 Å². The van der Waals surface area contributed by atoms with E-state index < -0.39 is 21.9 Å². The molecule has 7 heteroatoms. The van der Waals surface area contributed by atoms with Gasteiger partial charge in [0, 0.05) is 17.4 Å². The molecule has 0 spiro atoms. The number of fused-ring (bicyclic) bond motifs is 2. The molecular weight excluding hydrogens is 472 g/mol. The van der Waals surface area contributed by atoms with Gasteiger partial charge in [-0.1, -0.05) is 73.2 Å². The predicted octanol–water partition coefficient (Wildman–Crippen LogP) is 4.69. The molecule has 6 nitrogen and oxygen atoms in total. The van der Waals surface area contributed by atoms with Crippen LogP contribution in [0.2, 0.25) is 0 Å². The van der Waals surface area contributed by atoms with Crippen molar-refractivity contribution in [2.75, 3.05) is 0 Å². The number of hydrogen-bond acceptors (Lipinski definition) is 4. The number of amides is 1. The van der Waals surface area contributed by atoms with Crippen molar-refractivity contribution in [1.29, 1.82) is 0 Å². The first-order valence-electron chi connectivity index (χ1n) is 11.8. The Bertz CT molecular complexity index is 1480. The number of Topliss-reactive ketones (excluding diaryl/α,β-unsaturated/α-hetero) is 1. The standard InChI is InChI=1S/C29H26N2O4S/c1-18-13-15-20(16-14-18)25-19(2)23-17-24(30-29(33)21-9-5-3-6-10-21)28(32)26(25)27(23)31-36(34,35)22-11-7-4-8-12-22/h3-17,19,23,25-26H,1-2H3,(H,30,33)/b31-27+/t19-,23-,25-,26+/m0/s1. The fourth-order valence-corrected chi connectivity index (χ4v) is 6.34. The molecule has 4 atom stereocenters. The molecule has 2 bridgehead atoms. The van der Waals surface area contributed by atoms with E-state index in [4.69, 9.17) is 0 Å². The Balaban J connectivity index is 1.58. The number of allylic oxidation sites excluding steroid dienone is 2. The topological polar surface area (TPSA) is 92.7 Å². The molecule has 1 amide bonds. The van der Waals surface area contributed by atoms with Crippen molar-refractivity contribution in [2.24, 2.45) is 22.2 Å². The molecule has 0 radical (unpaired) electrons. The molecule has 1 fully saturated rings. The van der Waals surface area contributed by atoms with Gasteiger partial charge in [-0.2, -0.15) is 12.8 Å². The fraction of sp³-hybridized carbons (Fsp3) is 0.207. The first-order valence-corrected chi connectivity index (χ1v) is 13.3. The maximum Gasteiger partial charge on any atom is 0.282 e. The summed E-state index contributed by atoms with van der Waals surface area (Å²) in [6.07, 6.45) is 1.68. The van der Waals surface area contributed by atoms with Crippen LogP contribution < -0.4 is 5.32 Å². The second-order valence-electron chi connectivity index (χ2n) is 9.37. The lowest BCUT2D eigenvalue weighted by atomic mass is 9.81. The number of carbonyl (C=O) groups is 2. The molecule has 0 heterocycles. The van der Waals surface area contributed by atoms with E-state index in [9.17, 15) is 18.0 Å². The monoisotopic (exact) mass is 498 g/mol. The third-order valence-electron chi connectivity index (χ3n) is 7.06. The maximum atomic E-state index is 13.8. The van der Waals surface area contributed by atoms with E-state index in [-0.39, 0.29) is 34.1 Å². The number of carbonyl (C=O) groups excluding carboxylic acids is 2. The summed E-state index contributed by atoms with van der Waals surface area (Å²) in [7, 11) is -4.01. The van der Waals surface area contributed by atoms with Crippen LogP contribution in [0.15, 0.2) is 106 Å². The van der Waals surface area contributed by atoms with Gasteiger partial charge in [0.25, 0.3) is 15.9 Å². The van der Waals surface area contributed by atoms with Crippen molar-refractivity contribution in [3.8, 4) is 0 Å². The van der Waals surface area contributed by atoms with E-state index in [1.807, 2.05) is 44.2 Å². The number of rotatable bonds is 5. The van der Waals surface area contributed by atoms with Crippen molar-refractivity contribution in [2.45, 2.75) is 24.7 Å². The SMILES string of the molecule is Cc1ccc([C@@H]2[C@@H](C)[C@@H]3C=C(NC(=O)c4ccccc4)C(=O)[C@H]2/C3=N/S(=O)(=O)c2ccccc2)cc1. The zero-order chi connectivity index (χ0) is 25.4. The maximum absolute atomic E-state index is 13.8. The third kappa shape index (κ3) is 4.31. The lowest BCUT2D eigenvalue weighted by Gasteiger charge is -2.24. The van der Waals surface area contributed by atoms with Crippen molar-refractivity contribution < 1.29 is 18.0 Å². The summed E-state index contributed by atoms with van der Waals surface area (Å²) in [4.78, 5) is 26.7. The number of nitrogens with one attached hydrogen (secondary N) is 1. The summed E-state index contributed by atoms with van der Waals surface area (Å²) in [6, 6.07) is 24.6. The van der Waals surface area contributed by atoms with E-state index in [1.165, 1.54) is 12.1 Å². The first-order chi connectivity index (χ1) is 17.3. The van der Waals surface area contributed by atoms with Crippen LogP contribution in [-0.2, 0) is 14.8 Å². The molecule has 0 saturated heterocycles. The molecule has 3 aromatic carbocycles. The van der Waals surface area contributed by atoms with Gasteiger partial charge in [-0.05, 0) is 48.7 Å². The largest absolute Gasteiger partial charge is 0.319 e. The zero-order valence-corrected chi connectivity index (χ0v) is 20.8. The molecule has 2 aliphatic rings. The van der Waals surface area contributed by atoms with E-state index >= 15 is 0 Å². The molecule has 2 aliphatic carbocycles.